The molecule has 1 aliphatic rings. The Morgan fingerprint density at radius 2 is 2.05 bits per heavy atom. The number of fused-ring (bicyclic) bond motifs is 1. The number of nitrogens with zero attached hydrogens (tertiary/aromatic N) is 1. The molecule has 1 N–H and O–H groups in total. The first kappa shape index (κ1) is 12.0. The van der Waals surface area contributed by atoms with Crippen molar-refractivity contribution in [3.63, 3.8) is 0 Å². The van der Waals surface area contributed by atoms with Crippen LogP contribution in [0.5, 0.6) is 11.5 Å². The Morgan fingerprint density at radius 1 is 1.32 bits per heavy atom. The predicted molar refractivity (Wildman–Crippen MR) is 70.2 cm³/mol. The van der Waals surface area contributed by atoms with Crippen molar-refractivity contribution in [1.82, 2.24) is 4.98 Å². The van der Waals surface area contributed by atoms with E-state index in [1.54, 1.807) is 6.92 Å². The Labute approximate surface area is 113 Å². The van der Waals surface area contributed by atoms with Gasteiger partial charge in [-0.2, -0.15) is 0 Å². The molecule has 1 aromatic carbocycles. The molecular formula is C13H11NO4S. The lowest BCUT2D eigenvalue weighted by atomic mass is 10.2. The topological polar surface area (TPSA) is 68.7 Å². The highest BCUT2D eigenvalue weighted by Crippen LogP contribution is 2.36. The lowest BCUT2D eigenvalue weighted by molar-refractivity contribution is 0.0701. The molecule has 0 radical (unpaired) electrons. The van der Waals surface area contributed by atoms with Gasteiger partial charge in [0.1, 0.15) is 23.1 Å². The van der Waals surface area contributed by atoms with Crippen LogP contribution in [-0.2, 0) is 0 Å². The minimum absolute atomic E-state index is 0.268. The molecule has 0 aliphatic carbocycles. The summed E-state index contributed by atoms with van der Waals surface area (Å²) >= 11 is 1.16. The van der Waals surface area contributed by atoms with Crippen molar-refractivity contribution in [2.24, 2.45) is 0 Å². The summed E-state index contributed by atoms with van der Waals surface area (Å²) in [5.74, 6) is 0.439. The number of carbonyl (C=O) groups is 1. The first-order valence-corrected chi connectivity index (χ1v) is 6.57. The van der Waals surface area contributed by atoms with Crippen molar-refractivity contribution < 1.29 is 19.4 Å². The summed E-state index contributed by atoms with van der Waals surface area (Å²) in [4.78, 5) is 15.6. The Hall–Kier alpha value is -2.08. The number of rotatable bonds is 2. The SMILES string of the molecule is Cc1nc(-c2ccc3c(c2)OCCO3)sc1C(=O)O. The van der Waals surface area contributed by atoms with Crippen LogP contribution in [0.3, 0.4) is 0 Å². The number of hydrogen-bond donors (Lipinski definition) is 1. The fourth-order valence-electron chi connectivity index (χ4n) is 1.89. The van der Waals surface area contributed by atoms with Crippen LogP contribution in [0.25, 0.3) is 10.6 Å². The normalized spacial score (nSPS) is 13.3. The molecule has 0 spiro atoms. The maximum Gasteiger partial charge on any atom is 0.347 e. The van der Waals surface area contributed by atoms with Gasteiger partial charge in [0.15, 0.2) is 11.5 Å². The number of hydrogen-bond acceptors (Lipinski definition) is 5. The predicted octanol–water partition coefficient (Wildman–Crippen LogP) is 2.59. The molecule has 2 heterocycles. The van der Waals surface area contributed by atoms with Gasteiger partial charge in [-0.25, -0.2) is 9.78 Å². The van der Waals surface area contributed by atoms with Crippen LogP contribution in [-0.4, -0.2) is 29.3 Å². The zero-order chi connectivity index (χ0) is 13.4. The second-order valence-electron chi connectivity index (χ2n) is 4.10. The molecule has 0 bridgehead atoms. The van der Waals surface area contributed by atoms with Crippen LogP contribution >= 0.6 is 11.3 Å². The molecule has 2 aromatic rings. The third-order valence-electron chi connectivity index (χ3n) is 2.78. The third-order valence-corrected chi connectivity index (χ3v) is 3.97. The number of carboxylic acid groups (broad SMARTS) is 1. The Balaban J connectivity index is 2.02. The number of aromatic carboxylic acids is 1. The van der Waals surface area contributed by atoms with Gasteiger partial charge in [-0.15, -0.1) is 11.3 Å². The minimum atomic E-state index is -0.946. The number of thiazole rings is 1. The third kappa shape index (κ3) is 2.15. The van der Waals surface area contributed by atoms with E-state index in [9.17, 15) is 4.79 Å². The second kappa shape index (κ2) is 4.55. The molecule has 0 atom stereocenters. The van der Waals surface area contributed by atoms with E-state index in [1.807, 2.05) is 18.2 Å². The fraction of sp³-hybridized carbons (Fsp3) is 0.231. The van der Waals surface area contributed by atoms with Gasteiger partial charge < -0.3 is 14.6 Å². The van der Waals surface area contributed by atoms with Gasteiger partial charge in [-0.3, -0.25) is 0 Å². The van der Waals surface area contributed by atoms with E-state index >= 15 is 0 Å². The van der Waals surface area contributed by atoms with Crippen molar-refractivity contribution >= 4 is 17.3 Å². The first-order chi connectivity index (χ1) is 9.15. The van der Waals surface area contributed by atoms with E-state index in [0.29, 0.717) is 35.4 Å². The Kier molecular flexibility index (Phi) is 2.87. The molecule has 0 saturated carbocycles. The van der Waals surface area contributed by atoms with Crippen LogP contribution < -0.4 is 9.47 Å². The van der Waals surface area contributed by atoms with Crippen LogP contribution in [0.15, 0.2) is 18.2 Å². The van der Waals surface area contributed by atoms with Gasteiger partial charge in [-0.05, 0) is 25.1 Å². The summed E-state index contributed by atoms with van der Waals surface area (Å²) in [7, 11) is 0. The molecule has 0 amide bonds. The van der Waals surface area contributed by atoms with Crippen LogP contribution in [0.4, 0.5) is 0 Å². The summed E-state index contributed by atoms with van der Waals surface area (Å²) < 4.78 is 11.0. The second-order valence-corrected chi connectivity index (χ2v) is 5.10. The van der Waals surface area contributed by atoms with Crippen molar-refractivity contribution in [1.29, 1.82) is 0 Å². The van der Waals surface area contributed by atoms with Crippen molar-refractivity contribution in [2.45, 2.75) is 6.92 Å². The lowest BCUT2D eigenvalue weighted by Gasteiger charge is -2.18. The molecule has 0 fully saturated rings. The largest absolute Gasteiger partial charge is 0.486 e. The summed E-state index contributed by atoms with van der Waals surface area (Å²) in [6.45, 7) is 2.76. The van der Waals surface area contributed by atoms with Crippen LogP contribution in [0, 0.1) is 6.92 Å². The average Bonchev–Trinajstić information content (AvgIpc) is 2.80. The zero-order valence-corrected chi connectivity index (χ0v) is 11.0. The molecule has 5 nitrogen and oxygen atoms in total. The highest BCUT2D eigenvalue weighted by molar-refractivity contribution is 7.17. The molecular weight excluding hydrogens is 266 g/mol. The van der Waals surface area contributed by atoms with E-state index in [1.165, 1.54) is 0 Å². The summed E-state index contributed by atoms with van der Waals surface area (Å²) in [5, 5.41) is 9.72. The van der Waals surface area contributed by atoms with Gasteiger partial charge in [0.2, 0.25) is 0 Å². The van der Waals surface area contributed by atoms with E-state index in [0.717, 1.165) is 16.9 Å². The number of ether oxygens (including phenoxy) is 2. The quantitative estimate of drug-likeness (QED) is 0.913. The number of carboxylic acids is 1. The average molecular weight is 277 g/mol. The zero-order valence-electron chi connectivity index (χ0n) is 10.2. The van der Waals surface area contributed by atoms with E-state index in [2.05, 4.69) is 4.98 Å². The van der Waals surface area contributed by atoms with Crippen molar-refractivity contribution in [3.05, 3.63) is 28.8 Å². The molecule has 0 unspecified atom stereocenters. The summed E-state index contributed by atoms with van der Waals surface area (Å²) in [6.07, 6.45) is 0. The molecule has 3 rings (SSSR count). The minimum Gasteiger partial charge on any atom is -0.486 e. The smallest absolute Gasteiger partial charge is 0.347 e. The highest BCUT2D eigenvalue weighted by Gasteiger charge is 2.17. The molecule has 0 saturated heterocycles. The standard InChI is InChI=1S/C13H11NO4S/c1-7-11(13(15)16)19-12(14-7)8-2-3-9-10(6-8)18-5-4-17-9/h2-3,6H,4-5H2,1H3,(H,15,16). The first-order valence-electron chi connectivity index (χ1n) is 5.76. The van der Waals surface area contributed by atoms with Crippen molar-refractivity contribution in [2.75, 3.05) is 13.2 Å². The van der Waals surface area contributed by atoms with E-state index in [-0.39, 0.29) is 4.88 Å². The molecule has 1 aliphatic heterocycles. The fourth-order valence-corrected chi connectivity index (χ4v) is 2.80. The Bertz CT molecular complexity index is 650. The molecule has 19 heavy (non-hydrogen) atoms. The van der Waals surface area contributed by atoms with Gasteiger partial charge >= 0.3 is 5.97 Å². The highest BCUT2D eigenvalue weighted by atomic mass is 32.1. The molecule has 1 aromatic heterocycles. The number of aromatic nitrogens is 1. The molecule has 98 valence electrons. The van der Waals surface area contributed by atoms with Crippen LogP contribution in [0.1, 0.15) is 15.4 Å². The molecule has 6 heteroatoms. The summed E-state index contributed by atoms with van der Waals surface area (Å²) in [6, 6.07) is 5.51. The lowest BCUT2D eigenvalue weighted by Crippen LogP contribution is -2.15. The maximum atomic E-state index is 11.0. The Morgan fingerprint density at radius 3 is 2.74 bits per heavy atom. The van der Waals surface area contributed by atoms with Gasteiger partial charge in [0.05, 0.1) is 5.69 Å². The summed E-state index contributed by atoms with van der Waals surface area (Å²) in [5.41, 5.74) is 1.37. The number of aryl methyl sites for hydroxylation is 1. The van der Waals surface area contributed by atoms with E-state index in [4.69, 9.17) is 14.6 Å². The monoisotopic (exact) mass is 277 g/mol. The maximum absolute atomic E-state index is 11.0. The van der Waals surface area contributed by atoms with Crippen molar-refractivity contribution in [3.8, 4) is 22.1 Å². The van der Waals surface area contributed by atoms with Crippen LogP contribution in [0.2, 0.25) is 0 Å². The van der Waals surface area contributed by atoms with Gasteiger partial charge in [0.25, 0.3) is 0 Å². The number of benzene rings is 1. The van der Waals surface area contributed by atoms with E-state index < -0.39 is 5.97 Å². The van der Waals surface area contributed by atoms with Gasteiger partial charge in [-0.1, -0.05) is 0 Å². The van der Waals surface area contributed by atoms with Gasteiger partial charge in [0, 0.05) is 5.56 Å².